The second-order valence-electron chi connectivity index (χ2n) is 5.66. The van der Waals surface area contributed by atoms with Gasteiger partial charge in [0.2, 0.25) is 0 Å². The lowest BCUT2D eigenvalue weighted by Gasteiger charge is -2.36. The normalized spacial score (nSPS) is 25.6. The Morgan fingerprint density at radius 3 is 2.84 bits per heavy atom. The van der Waals surface area contributed by atoms with Crippen molar-refractivity contribution < 1.29 is 14.3 Å². The Morgan fingerprint density at radius 2 is 2.16 bits per heavy atom. The van der Waals surface area contributed by atoms with Crippen molar-refractivity contribution in [1.82, 2.24) is 0 Å². The fourth-order valence-electron chi connectivity index (χ4n) is 2.84. The second kappa shape index (κ2) is 4.66. The highest BCUT2D eigenvalue weighted by atomic mass is 16.5. The molecule has 2 heterocycles. The van der Waals surface area contributed by atoms with Crippen LogP contribution in [0.4, 0.5) is 0 Å². The molecule has 1 saturated heterocycles. The van der Waals surface area contributed by atoms with Crippen LogP contribution in [0.25, 0.3) is 11.0 Å². The number of aryl methyl sites for hydroxylation is 1. The van der Waals surface area contributed by atoms with E-state index in [0.29, 0.717) is 12.4 Å². The maximum atomic E-state index is 10.6. The van der Waals surface area contributed by atoms with E-state index >= 15 is 0 Å². The number of benzene rings is 1. The molecule has 1 N–H and O–H groups in total. The Balaban J connectivity index is 1.97. The van der Waals surface area contributed by atoms with Crippen molar-refractivity contribution in [3.63, 3.8) is 0 Å². The minimum atomic E-state index is -0.709. The highest BCUT2D eigenvalue weighted by Crippen LogP contribution is 2.38. The van der Waals surface area contributed by atoms with Crippen LogP contribution in [0, 0.1) is 6.92 Å². The zero-order chi connectivity index (χ0) is 13.5. The van der Waals surface area contributed by atoms with Crippen LogP contribution in [0.15, 0.2) is 28.7 Å². The van der Waals surface area contributed by atoms with E-state index in [4.69, 9.17) is 9.15 Å². The predicted molar refractivity (Wildman–Crippen MR) is 74.1 cm³/mol. The minimum Gasteiger partial charge on any atom is -0.458 e. The van der Waals surface area contributed by atoms with Crippen LogP contribution in [-0.2, 0) is 4.74 Å². The molecule has 3 rings (SSSR count). The van der Waals surface area contributed by atoms with Gasteiger partial charge in [-0.05, 0) is 44.7 Å². The molecule has 1 fully saturated rings. The summed E-state index contributed by atoms with van der Waals surface area (Å²) in [6.07, 6.45) is 2.32. The SMILES string of the molecule is Cc1cccc2cc(C(O)C3(C)CCCCO3)oc12. The van der Waals surface area contributed by atoms with Gasteiger partial charge >= 0.3 is 0 Å². The topological polar surface area (TPSA) is 42.6 Å². The molecule has 3 heteroatoms. The summed E-state index contributed by atoms with van der Waals surface area (Å²) in [4.78, 5) is 0. The minimum absolute atomic E-state index is 0.528. The van der Waals surface area contributed by atoms with Crippen LogP contribution in [0.3, 0.4) is 0 Å². The Morgan fingerprint density at radius 1 is 1.32 bits per heavy atom. The lowest BCUT2D eigenvalue weighted by Crippen LogP contribution is -2.39. The van der Waals surface area contributed by atoms with Gasteiger partial charge in [0.05, 0.1) is 5.60 Å². The molecule has 1 aliphatic rings. The van der Waals surface area contributed by atoms with E-state index in [0.717, 1.165) is 35.8 Å². The monoisotopic (exact) mass is 260 g/mol. The molecule has 0 aliphatic carbocycles. The molecule has 0 amide bonds. The van der Waals surface area contributed by atoms with Gasteiger partial charge in [-0.25, -0.2) is 0 Å². The van der Waals surface area contributed by atoms with Crippen LogP contribution in [0.2, 0.25) is 0 Å². The van der Waals surface area contributed by atoms with Crippen LogP contribution >= 0.6 is 0 Å². The third kappa shape index (κ3) is 2.17. The first kappa shape index (κ1) is 12.7. The Bertz CT molecular complexity index is 579. The largest absolute Gasteiger partial charge is 0.458 e. The lowest BCUT2D eigenvalue weighted by molar-refractivity contribution is -0.143. The molecule has 2 aromatic rings. The molecule has 1 aromatic carbocycles. The number of aliphatic hydroxyl groups is 1. The van der Waals surface area contributed by atoms with Crippen LogP contribution < -0.4 is 0 Å². The average Bonchev–Trinajstić information content (AvgIpc) is 2.84. The molecule has 0 saturated carbocycles. The van der Waals surface area contributed by atoms with Crippen LogP contribution in [0.1, 0.15) is 43.6 Å². The van der Waals surface area contributed by atoms with Gasteiger partial charge in [0.15, 0.2) is 0 Å². The number of para-hydroxylation sites is 1. The van der Waals surface area contributed by atoms with Crippen molar-refractivity contribution in [3.05, 3.63) is 35.6 Å². The number of aliphatic hydroxyl groups excluding tert-OH is 1. The quantitative estimate of drug-likeness (QED) is 0.894. The maximum absolute atomic E-state index is 10.6. The number of hydrogen-bond acceptors (Lipinski definition) is 3. The Kier molecular flexibility index (Phi) is 3.11. The Hall–Kier alpha value is -1.32. The van der Waals surface area contributed by atoms with Gasteiger partial charge in [0, 0.05) is 12.0 Å². The summed E-state index contributed by atoms with van der Waals surface area (Å²) in [7, 11) is 0. The van der Waals surface area contributed by atoms with Crippen molar-refractivity contribution in [2.45, 2.75) is 44.8 Å². The summed E-state index contributed by atoms with van der Waals surface area (Å²) < 4.78 is 11.6. The number of hydrogen-bond donors (Lipinski definition) is 1. The van der Waals surface area contributed by atoms with E-state index in [1.807, 2.05) is 38.1 Å². The summed E-state index contributed by atoms with van der Waals surface area (Å²) in [6, 6.07) is 7.95. The fourth-order valence-corrected chi connectivity index (χ4v) is 2.84. The molecule has 0 spiro atoms. The summed E-state index contributed by atoms with van der Waals surface area (Å²) in [6.45, 7) is 4.70. The molecule has 2 unspecified atom stereocenters. The predicted octanol–water partition coefficient (Wildman–Crippen LogP) is 3.73. The number of ether oxygens (including phenoxy) is 1. The van der Waals surface area contributed by atoms with Crippen molar-refractivity contribution in [1.29, 1.82) is 0 Å². The van der Waals surface area contributed by atoms with Crippen molar-refractivity contribution in [3.8, 4) is 0 Å². The molecule has 0 bridgehead atoms. The molecule has 19 heavy (non-hydrogen) atoms. The van der Waals surface area contributed by atoms with E-state index < -0.39 is 11.7 Å². The average molecular weight is 260 g/mol. The molecular weight excluding hydrogens is 240 g/mol. The first-order chi connectivity index (χ1) is 9.10. The second-order valence-corrected chi connectivity index (χ2v) is 5.66. The van der Waals surface area contributed by atoms with Gasteiger partial charge in [-0.2, -0.15) is 0 Å². The molecule has 1 aliphatic heterocycles. The number of furan rings is 1. The highest BCUT2D eigenvalue weighted by molar-refractivity contribution is 5.81. The third-order valence-electron chi connectivity index (χ3n) is 4.11. The van der Waals surface area contributed by atoms with Crippen LogP contribution in [0.5, 0.6) is 0 Å². The smallest absolute Gasteiger partial charge is 0.140 e. The number of fused-ring (bicyclic) bond motifs is 1. The summed E-state index contributed by atoms with van der Waals surface area (Å²) in [5.74, 6) is 0.605. The highest BCUT2D eigenvalue weighted by Gasteiger charge is 2.38. The van der Waals surface area contributed by atoms with Gasteiger partial charge in [-0.3, -0.25) is 0 Å². The van der Waals surface area contributed by atoms with Crippen LogP contribution in [-0.4, -0.2) is 17.3 Å². The summed E-state index contributed by atoms with van der Waals surface area (Å²) in [5, 5.41) is 11.6. The maximum Gasteiger partial charge on any atom is 0.140 e. The number of rotatable bonds is 2. The molecular formula is C16H20O3. The van der Waals surface area contributed by atoms with E-state index in [1.54, 1.807) is 0 Å². The molecule has 1 aromatic heterocycles. The van der Waals surface area contributed by atoms with Crippen molar-refractivity contribution in [2.75, 3.05) is 6.61 Å². The van der Waals surface area contributed by atoms with Gasteiger partial charge in [-0.1, -0.05) is 18.2 Å². The van der Waals surface area contributed by atoms with Gasteiger partial charge in [0.1, 0.15) is 17.4 Å². The van der Waals surface area contributed by atoms with Gasteiger partial charge < -0.3 is 14.3 Å². The van der Waals surface area contributed by atoms with E-state index in [2.05, 4.69) is 0 Å². The van der Waals surface area contributed by atoms with Gasteiger partial charge in [-0.15, -0.1) is 0 Å². The summed E-state index contributed by atoms with van der Waals surface area (Å²) >= 11 is 0. The Labute approximate surface area is 113 Å². The first-order valence-electron chi connectivity index (χ1n) is 6.91. The molecule has 102 valence electrons. The van der Waals surface area contributed by atoms with Crippen molar-refractivity contribution in [2.24, 2.45) is 0 Å². The van der Waals surface area contributed by atoms with Gasteiger partial charge in [0.25, 0.3) is 0 Å². The summed E-state index contributed by atoms with van der Waals surface area (Å²) in [5.41, 5.74) is 1.42. The van der Waals surface area contributed by atoms with E-state index in [9.17, 15) is 5.11 Å². The fraction of sp³-hybridized carbons (Fsp3) is 0.500. The standard InChI is InChI=1S/C16H20O3/c1-11-6-5-7-12-10-13(19-14(11)12)15(17)16(2)8-3-4-9-18-16/h5-7,10,15,17H,3-4,8-9H2,1-2H3. The molecule has 0 radical (unpaired) electrons. The zero-order valence-electron chi connectivity index (χ0n) is 11.5. The third-order valence-corrected chi connectivity index (χ3v) is 4.11. The zero-order valence-corrected chi connectivity index (χ0v) is 11.5. The van der Waals surface area contributed by atoms with Crippen molar-refractivity contribution >= 4 is 11.0 Å². The van der Waals surface area contributed by atoms with E-state index in [1.165, 1.54) is 0 Å². The molecule has 2 atom stereocenters. The lowest BCUT2D eigenvalue weighted by atomic mass is 9.89. The van der Waals surface area contributed by atoms with E-state index in [-0.39, 0.29) is 0 Å². The molecule has 3 nitrogen and oxygen atoms in total. The first-order valence-corrected chi connectivity index (χ1v) is 6.91.